The molecular formula is C25H40N2O2. The first-order valence-electron chi connectivity index (χ1n) is 11.3. The highest BCUT2D eigenvalue weighted by molar-refractivity contribution is 5.92. The summed E-state index contributed by atoms with van der Waals surface area (Å²) in [5.41, 5.74) is 1.38. The Labute approximate surface area is 176 Å². The predicted molar refractivity (Wildman–Crippen MR) is 122 cm³/mol. The molecule has 1 aliphatic heterocycles. The van der Waals surface area contributed by atoms with E-state index in [1.807, 2.05) is 17.0 Å². The van der Waals surface area contributed by atoms with E-state index < -0.39 is 5.60 Å². The maximum atomic E-state index is 13.1. The fraction of sp³-hybridized carbons (Fsp3) is 0.640. The Morgan fingerprint density at radius 1 is 1.34 bits per heavy atom. The van der Waals surface area contributed by atoms with Crippen molar-refractivity contribution in [2.24, 2.45) is 11.8 Å². The molecule has 0 radical (unpaired) electrons. The quantitative estimate of drug-likeness (QED) is 0.693. The number of hydrogen-bond acceptors (Lipinski definition) is 2. The highest BCUT2D eigenvalue weighted by Crippen LogP contribution is 2.30. The average molecular weight is 401 g/mol. The Morgan fingerprint density at radius 3 is 2.48 bits per heavy atom. The number of likely N-dealkylation sites (tertiary alicyclic amines) is 1. The lowest BCUT2D eigenvalue weighted by Crippen LogP contribution is -2.41. The first-order valence-corrected chi connectivity index (χ1v) is 11.3. The monoisotopic (exact) mass is 400 g/mol. The summed E-state index contributed by atoms with van der Waals surface area (Å²) in [5, 5.41) is 12.7. The molecule has 1 fully saturated rings. The van der Waals surface area contributed by atoms with Crippen molar-refractivity contribution in [2.45, 2.75) is 78.7 Å². The van der Waals surface area contributed by atoms with Gasteiger partial charge in [-0.2, -0.15) is 0 Å². The van der Waals surface area contributed by atoms with Crippen LogP contribution in [0.1, 0.15) is 83.6 Å². The zero-order valence-corrected chi connectivity index (χ0v) is 19.1. The first-order chi connectivity index (χ1) is 13.8. The number of aromatic amines is 1. The Kier molecular flexibility index (Phi) is 8.33. The van der Waals surface area contributed by atoms with E-state index in [4.69, 9.17) is 0 Å². The highest BCUT2D eigenvalue weighted by atomic mass is 16.3. The van der Waals surface area contributed by atoms with E-state index in [1.165, 1.54) is 5.57 Å². The van der Waals surface area contributed by atoms with Gasteiger partial charge < -0.3 is 15.0 Å². The minimum absolute atomic E-state index is 0.0756. The van der Waals surface area contributed by atoms with Crippen molar-refractivity contribution in [1.82, 2.24) is 9.88 Å². The second-order valence-electron chi connectivity index (χ2n) is 8.78. The van der Waals surface area contributed by atoms with Crippen LogP contribution < -0.4 is 10.6 Å². The molecule has 2 rings (SSSR count). The SMILES string of the molecule is C=C/C=c1/cc(C(=O)N2CCC(CC(O)(CC)CC)CC2)[nH]/c1=C(\C)C(C)CC. The maximum Gasteiger partial charge on any atom is 0.270 e. The van der Waals surface area contributed by atoms with Crippen LogP contribution in [-0.2, 0) is 0 Å². The fourth-order valence-corrected chi connectivity index (χ4v) is 4.31. The van der Waals surface area contributed by atoms with Gasteiger partial charge in [-0.1, -0.05) is 46.4 Å². The van der Waals surface area contributed by atoms with Crippen LogP contribution in [0.4, 0.5) is 0 Å². The minimum atomic E-state index is -0.552. The smallest absolute Gasteiger partial charge is 0.270 e. The number of allylic oxidation sites excluding steroid dienone is 1. The molecule has 0 saturated carbocycles. The highest BCUT2D eigenvalue weighted by Gasteiger charge is 2.31. The van der Waals surface area contributed by atoms with Crippen molar-refractivity contribution in [1.29, 1.82) is 0 Å². The van der Waals surface area contributed by atoms with Crippen LogP contribution in [0.2, 0.25) is 0 Å². The van der Waals surface area contributed by atoms with E-state index in [9.17, 15) is 9.90 Å². The van der Waals surface area contributed by atoms with E-state index in [0.29, 0.717) is 17.5 Å². The molecule has 1 aliphatic rings. The van der Waals surface area contributed by atoms with Gasteiger partial charge in [-0.05, 0) is 68.9 Å². The Morgan fingerprint density at radius 2 is 1.97 bits per heavy atom. The Bertz CT molecular complexity index is 808. The van der Waals surface area contributed by atoms with Crippen LogP contribution in [0, 0.1) is 11.8 Å². The molecule has 1 atom stereocenters. The summed E-state index contributed by atoms with van der Waals surface area (Å²) in [7, 11) is 0. The number of rotatable bonds is 8. The van der Waals surface area contributed by atoms with Crippen molar-refractivity contribution >= 4 is 17.6 Å². The van der Waals surface area contributed by atoms with Crippen LogP contribution in [0.5, 0.6) is 0 Å². The number of hydrogen-bond donors (Lipinski definition) is 2. The number of amides is 1. The molecule has 0 spiro atoms. The number of aliphatic hydroxyl groups is 1. The van der Waals surface area contributed by atoms with E-state index in [0.717, 1.165) is 62.2 Å². The van der Waals surface area contributed by atoms with E-state index >= 15 is 0 Å². The molecule has 0 bridgehead atoms. The van der Waals surface area contributed by atoms with Gasteiger partial charge in [0.2, 0.25) is 0 Å². The lowest BCUT2D eigenvalue weighted by Gasteiger charge is -2.36. The Balaban J connectivity index is 2.16. The molecule has 0 aliphatic carbocycles. The molecule has 4 nitrogen and oxygen atoms in total. The van der Waals surface area contributed by atoms with Gasteiger partial charge in [0.1, 0.15) is 5.69 Å². The molecule has 4 heteroatoms. The molecule has 2 N–H and O–H groups in total. The summed E-state index contributed by atoms with van der Waals surface area (Å²) in [6, 6.07) is 1.96. The van der Waals surface area contributed by atoms with Gasteiger partial charge in [0.25, 0.3) is 5.91 Å². The normalized spacial score (nSPS) is 18.7. The third-order valence-electron chi connectivity index (χ3n) is 7.01. The van der Waals surface area contributed by atoms with Gasteiger partial charge in [-0.25, -0.2) is 0 Å². The lowest BCUT2D eigenvalue weighted by atomic mass is 9.82. The molecule has 1 amide bonds. The molecule has 1 saturated heterocycles. The largest absolute Gasteiger partial charge is 0.390 e. The van der Waals surface area contributed by atoms with Gasteiger partial charge in [-0.15, -0.1) is 0 Å². The first kappa shape index (κ1) is 23.5. The number of piperidine rings is 1. The molecular weight excluding hydrogens is 360 g/mol. The van der Waals surface area contributed by atoms with Crippen LogP contribution in [0.25, 0.3) is 11.6 Å². The third-order valence-corrected chi connectivity index (χ3v) is 7.01. The van der Waals surface area contributed by atoms with Gasteiger partial charge in [-0.3, -0.25) is 4.79 Å². The van der Waals surface area contributed by atoms with E-state index in [2.05, 4.69) is 46.2 Å². The predicted octanol–water partition coefficient (Wildman–Crippen LogP) is 3.99. The fourth-order valence-electron chi connectivity index (χ4n) is 4.31. The summed E-state index contributed by atoms with van der Waals surface area (Å²) in [6.07, 6.45) is 9.17. The van der Waals surface area contributed by atoms with Crippen LogP contribution in [0.15, 0.2) is 18.7 Å². The number of carbonyl (C=O) groups is 1. The topological polar surface area (TPSA) is 56.3 Å². The summed E-state index contributed by atoms with van der Waals surface area (Å²) in [6.45, 7) is 16.0. The van der Waals surface area contributed by atoms with Gasteiger partial charge in [0.05, 0.1) is 5.60 Å². The summed E-state index contributed by atoms with van der Waals surface area (Å²) in [5.74, 6) is 1.03. The average Bonchev–Trinajstić information content (AvgIpc) is 3.16. The molecule has 2 heterocycles. The lowest BCUT2D eigenvalue weighted by molar-refractivity contribution is -0.00132. The number of nitrogens with one attached hydrogen (secondary N) is 1. The minimum Gasteiger partial charge on any atom is -0.390 e. The molecule has 162 valence electrons. The van der Waals surface area contributed by atoms with Crippen LogP contribution >= 0.6 is 0 Å². The van der Waals surface area contributed by atoms with Crippen molar-refractivity contribution in [3.8, 4) is 0 Å². The molecule has 1 aromatic heterocycles. The zero-order chi connectivity index (χ0) is 21.6. The number of aromatic nitrogens is 1. The second kappa shape index (κ2) is 10.3. The van der Waals surface area contributed by atoms with Gasteiger partial charge >= 0.3 is 0 Å². The van der Waals surface area contributed by atoms with Crippen molar-refractivity contribution in [3.05, 3.63) is 35.0 Å². The van der Waals surface area contributed by atoms with Crippen LogP contribution in [0.3, 0.4) is 0 Å². The number of carbonyl (C=O) groups excluding carboxylic acids is 1. The summed E-state index contributed by atoms with van der Waals surface area (Å²) < 4.78 is 0. The third kappa shape index (κ3) is 5.63. The van der Waals surface area contributed by atoms with Gasteiger partial charge in [0, 0.05) is 23.7 Å². The molecule has 29 heavy (non-hydrogen) atoms. The molecule has 1 unspecified atom stereocenters. The summed E-state index contributed by atoms with van der Waals surface area (Å²) >= 11 is 0. The molecule has 1 aromatic rings. The Hall–Kier alpha value is -1.81. The van der Waals surface area contributed by atoms with Crippen molar-refractivity contribution in [3.63, 3.8) is 0 Å². The zero-order valence-electron chi connectivity index (χ0n) is 19.1. The van der Waals surface area contributed by atoms with Crippen LogP contribution in [-0.4, -0.2) is 39.6 Å². The number of nitrogens with zero attached hydrogens (tertiary/aromatic N) is 1. The maximum absolute atomic E-state index is 13.1. The van der Waals surface area contributed by atoms with E-state index in [-0.39, 0.29) is 5.91 Å². The van der Waals surface area contributed by atoms with Gasteiger partial charge in [0.15, 0.2) is 0 Å². The van der Waals surface area contributed by atoms with Crippen molar-refractivity contribution in [2.75, 3.05) is 13.1 Å². The summed E-state index contributed by atoms with van der Waals surface area (Å²) in [4.78, 5) is 18.5. The standard InChI is InChI=1S/C25H40N2O2/c1-7-11-21-16-22(26-23(21)19(6)18(5)8-2)24(28)27-14-12-20(13-15-27)17-25(29,9-3)10-4/h7,11,16,18,20,26,29H,1,8-10,12-15,17H2,2-6H3/b21-11-,23-19+. The van der Waals surface area contributed by atoms with Crippen molar-refractivity contribution < 1.29 is 9.90 Å². The molecule has 0 aromatic carbocycles. The number of H-pyrrole nitrogens is 1. The van der Waals surface area contributed by atoms with E-state index in [1.54, 1.807) is 6.08 Å². The second-order valence-corrected chi connectivity index (χ2v) is 8.78.